The highest BCUT2D eigenvalue weighted by molar-refractivity contribution is 7.98. The molecule has 2 heterocycles. The molecule has 6 heteroatoms. The molecule has 0 atom stereocenters. The topological polar surface area (TPSA) is 38.7 Å². The maximum Gasteiger partial charge on any atom is 0.130 e. The highest BCUT2D eigenvalue weighted by Crippen LogP contribution is 2.25. The summed E-state index contributed by atoms with van der Waals surface area (Å²) >= 11 is 13.3. The van der Waals surface area contributed by atoms with E-state index in [-0.39, 0.29) is 0 Å². The van der Waals surface area contributed by atoms with Gasteiger partial charge in [0.25, 0.3) is 0 Å². The molecule has 0 radical (unpaired) electrons. The molecule has 0 saturated heterocycles. The van der Waals surface area contributed by atoms with Crippen molar-refractivity contribution >= 4 is 35.0 Å². The molecule has 16 heavy (non-hydrogen) atoms. The average Bonchev–Trinajstić information content (AvgIpc) is 2.29. The quantitative estimate of drug-likeness (QED) is 0.487. The summed E-state index contributed by atoms with van der Waals surface area (Å²) in [5, 5.41) is 1.93. The Balaban J connectivity index is 2.05. The maximum absolute atomic E-state index is 6.03. The van der Waals surface area contributed by atoms with Crippen molar-refractivity contribution in [3.8, 4) is 0 Å². The van der Waals surface area contributed by atoms with Crippen molar-refractivity contribution in [2.75, 3.05) is 0 Å². The zero-order chi connectivity index (χ0) is 11.4. The van der Waals surface area contributed by atoms with E-state index in [9.17, 15) is 0 Å². The van der Waals surface area contributed by atoms with Crippen LogP contribution in [-0.4, -0.2) is 15.0 Å². The predicted octanol–water partition coefficient (Wildman–Crippen LogP) is 3.47. The normalized spacial score (nSPS) is 10.4. The lowest BCUT2D eigenvalue weighted by Gasteiger charge is -2.03. The van der Waals surface area contributed by atoms with E-state index in [0.717, 1.165) is 10.6 Å². The molecule has 0 saturated carbocycles. The van der Waals surface area contributed by atoms with Gasteiger partial charge < -0.3 is 0 Å². The van der Waals surface area contributed by atoms with Crippen LogP contribution in [0.4, 0.5) is 0 Å². The van der Waals surface area contributed by atoms with Crippen LogP contribution in [0.5, 0.6) is 0 Å². The second-order valence-corrected chi connectivity index (χ2v) is 4.72. The van der Waals surface area contributed by atoms with Gasteiger partial charge in [-0.1, -0.05) is 23.2 Å². The van der Waals surface area contributed by atoms with Crippen LogP contribution in [0.15, 0.2) is 35.9 Å². The molecule has 0 aliphatic heterocycles. The fraction of sp³-hybridized carbons (Fsp3) is 0.100. The Labute approximate surface area is 107 Å². The Kier molecular flexibility index (Phi) is 3.98. The number of aromatic nitrogens is 3. The lowest BCUT2D eigenvalue weighted by molar-refractivity contribution is 1.05. The Morgan fingerprint density at radius 2 is 2.12 bits per heavy atom. The molecular weight excluding hydrogens is 265 g/mol. The summed E-state index contributed by atoms with van der Waals surface area (Å²) < 4.78 is 0. The van der Waals surface area contributed by atoms with Gasteiger partial charge in [-0.05, 0) is 17.7 Å². The van der Waals surface area contributed by atoms with Crippen LogP contribution in [0.2, 0.25) is 10.2 Å². The molecule has 0 fully saturated rings. The molecule has 2 rings (SSSR count). The van der Waals surface area contributed by atoms with Crippen LogP contribution in [0, 0.1) is 0 Å². The second kappa shape index (κ2) is 5.48. The van der Waals surface area contributed by atoms with Crippen molar-refractivity contribution in [2.45, 2.75) is 10.8 Å². The van der Waals surface area contributed by atoms with Crippen molar-refractivity contribution in [3.05, 3.63) is 46.6 Å². The van der Waals surface area contributed by atoms with Gasteiger partial charge in [0.1, 0.15) is 11.5 Å². The fourth-order valence-electron chi connectivity index (χ4n) is 1.06. The van der Waals surface area contributed by atoms with Gasteiger partial charge in [0.2, 0.25) is 0 Å². The van der Waals surface area contributed by atoms with Gasteiger partial charge in [0.15, 0.2) is 0 Å². The van der Waals surface area contributed by atoms with Gasteiger partial charge >= 0.3 is 0 Å². The SMILES string of the molecule is Clc1cc(Cl)c(CSc2ccncn2)cn1. The van der Waals surface area contributed by atoms with Crippen molar-refractivity contribution in [3.63, 3.8) is 0 Å². The first-order valence-corrected chi connectivity index (χ1v) is 6.18. The van der Waals surface area contributed by atoms with E-state index in [1.54, 1.807) is 30.2 Å². The van der Waals surface area contributed by atoms with Crippen molar-refractivity contribution < 1.29 is 0 Å². The summed E-state index contributed by atoms with van der Waals surface area (Å²) in [6, 6.07) is 3.49. The lowest BCUT2D eigenvalue weighted by atomic mass is 10.3. The zero-order valence-electron chi connectivity index (χ0n) is 8.10. The van der Waals surface area contributed by atoms with E-state index in [1.165, 1.54) is 6.33 Å². The number of hydrogen-bond acceptors (Lipinski definition) is 4. The summed E-state index contributed by atoms with van der Waals surface area (Å²) in [4.78, 5) is 11.9. The maximum atomic E-state index is 6.03. The lowest BCUT2D eigenvalue weighted by Crippen LogP contribution is -1.87. The van der Waals surface area contributed by atoms with Gasteiger partial charge in [0, 0.05) is 23.2 Å². The summed E-state index contributed by atoms with van der Waals surface area (Å²) in [6.07, 6.45) is 4.90. The minimum absolute atomic E-state index is 0.404. The van der Waals surface area contributed by atoms with Gasteiger partial charge in [-0.3, -0.25) is 0 Å². The van der Waals surface area contributed by atoms with Crippen molar-refractivity contribution in [1.29, 1.82) is 0 Å². The first-order chi connectivity index (χ1) is 7.75. The smallest absolute Gasteiger partial charge is 0.130 e. The van der Waals surface area contributed by atoms with E-state index < -0.39 is 0 Å². The summed E-state index contributed by atoms with van der Waals surface area (Å²) in [5.41, 5.74) is 0.940. The molecule has 0 N–H and O–H groups in total. The molecule has 3 nitrogen and oxygen atoms in total. The van der Waals surface area contributed by atoms with Gasteiger partial charge in [-0.15, -0.1) is 11.8 Å². The van der Waals surface area contributed by atoms with E-state index in [0.29, 0.717) is 15.9 Å². The van der Waals surface area contributed by atoms with Crippen LogP contribution >= 0.6 is 35.0 Å². The van der Waals surface area contributed by atoms with Crippen LogP contribution in [0.1, 0.15) is 5.56 Å². The molecule has 2 aromatic rings. The van der Waals surface area contributed by atoms with Crippen LogP contribution in [0.25, 0.3) is 0 Å². The Morgan fingerprint density at radius 1 is 1.25 bits per heavy atom. The molecule has 82 valence electrons. The molecule has 0 aliphatic carbocycles. The number of pyridine rings is 1. The highest BCUT2D eigenvalue weighted by Gasteiger charge is 2.03. The number of nitrogens with zero attached hydrogens (tertiary/aromatic N) is 3. The summed E-state index contributed by atoms with van der Waals surface area (Å²) in [7, 11) is 0. The van der Waals surface area contributed by atoms with Gasteiger partial charge in [0.05, 0.1) is 5.03 Å². The molecule has 0 bridgehead atoms. The molecule has 0 spiro atoms. The summed E-state index contributed by atoms with van der Waals surface area (Å²) in [6.45, 7) is 0. The largest absolute Gasteiger partial charge is 0.245 e. The van der Waals surface area contributed by atoms with Crippen molar-refractivity contribution in [2.24, 2.45) is 0 Å². The van der Waals surface area contributed by atoms with Gasteiger partial charge in [-0.25, -0.2) is 15.0 Å². The van der Waals surface area contributed by atoms with Gasteiger partial charge in [-0.2, -0.15) is 0 Å². The summed E-state index contributed by atoms with van der Waals surface area (Å²) in [5.74, 6) is 0.708. The third kappa shape index (κ3) is 3.07. The molecule has 0 unspecified atom stereocenters. The minimum Gasteiger partial charge on any atom is -0.245 e. The van der Waals surface area contributed by atoms with Crippen LogP contribution < -0.4 is 0 Å². The first-order valence-electron chi connectivity index (χ1n) is 4.44. The monoisotopic (exact) mass is 271 g/mol. The third-order valence-corrected chi connectivity index (χ3v) is 3.38. The van der Waals surface area contributed by atoms with E-state index >= 15 is 0 Å². The number of thioether (sulfide) groups is 1. The highest BCUT2D eigenvalue weighted by atomic mass is 35.5. The molecule has 0 aliphatic rings. The zero-order valence-corrected chi connectivity index (χ0v) is 10.4. The van der Waals surface area contributed by atoms with E-state index in [1.807, 2.05) is 6.07 Å². The number of hydrogen-bond donors (Lipinski definition) is 0. The average molecular weight is 272 g/mol. The molecule has 0 amide bonds. The Morgan fingerprint density at radius 3 is 2.81 bits per heavy atom. The molecule has 2 aromatic heterocycles. The van der Waals surface area contributed by atoms with Crippen LogP contribution in [0.3, 0.4) is 0 Å². The Hall–Kier alpha value is -0.840. The molecule has 0 aromatic carbocycles. The Bertz CT molecular complexity index is 479. The predicted molar refractivity (Wildman–Crippen MR) is 65.9 cm³/mol. The standard InChI is InChI=1S/C10H7Cl2N3S/c11-8-3-9(12)14-4-7(8)5-16-10-1-2-13-6-15-10/h1-4,6H,5H2. The fourth-order valence-corrected chi connectivity index (χ4v) is 2.38. The van der Waals surface area contributed by atoms with E-state index in [2.05, 4.69) is 15.0 Å². The van der Waals surface area contributed by atoms with Crippen molar-refractivity contribution in [1.82, 2.24) is 15.0 Å². The number of rotatable bonds is 3. The second-order valence-electron chi connectivity index (χ2n) is 2.93. The van der Waals surface area contributed by atoms with E-state index in [4.69, 9.17) is 23.2 Å². The third-order valence-electron chi connectivity index (χ3n) is 1.83. The number of halogens is 2. The first kappa shape index (κ1) is 11.6. The minimum atomic E-state index is 0.404. The van der Waals surface area contributed by atoms with Crippen LogP contribution in [-0.2, 0) is 5.75 Å². The molecular formula is C10H7Cl2N3S.